The Morgan fingerprint density at radius 2 is 2.08 bits per heavy atom. The third-order valence-electron chi connectivity index (χ3n) is 2.78. The van der Waals surface area contributed by atoms with Gasteiger partial charge in [-0.1, -0.05) is 0 Å². The van der Waals surface area contributed by atoms with Crippen LogP contribution in [0.4, 0.5) is 0 Å². The van der Waals surface area contributed by atoms with E-state index in [4.69, 9.17) is 10.5 Å². The Hall–Kier alpha value is -0.120. The molecule has 1 aliphatic carbocycles. The number of hydrogen-bond donors (Lipinski definition) is 1. The molecule has 0 bridgehead atoms. The monoisotopic (exact) mass is 170 g/mol. The molecule has 0 radical (unpaired) electrons. The van der Waals surface area contributed by atoms with Crippen molar-refractivity contribution < 1.29 is 4.74 Å². The van der Waals surface area contributed by atoms with Gasteiger partial charge in [-0.2, -0.15) is 0 Å². The molecule has 0 spiro atoms. The molecule has 1 unspecified atom stereocenters. The zero-order valence-electron chi connectivity index (χ0n) is 7.54. The Bertz CT molecular complexity index is 141. The van der Waals surface area contributed by atoms with E-state index >= 15 is 0 Å². The molecular weight excluding hydrogens is 152 g/mol. The van der Waals surface area contributed by atoms with Gasteiger partial charge in [-0.15, -0.1) is 0 Å². The number of nitrogens with zero attached hydrogens (tertiary/aromatic N) is 1. The summed E-state index contributed by atoms with van der Waals surface area (Å²) < 4.78 is 5.38. The molecule has 0 aromatic heterocycles. The van der Waals surface area contributed by atoms with E-state index in [0.717, 1.165) is 32.3 Å². The second-order valence-corrected chi connectivity index (χ2v) is 3.78. The van der Waals surface area contributed by atoms with Gasteiger partial charge in [0.2, 0.25) is 0 Å². The standard InChI is InChI=1S/C9H18N2O/c10-4-5-11(8-1-2-8)9-3-6-12-7-9/h8-9H,1-7,10H2. The summed E-state index contributed by atoms with van der Waals surface area (Å²) in [5, 5.41) is 0. The lowest BCUT2D eigenvalue weighted by atomic mass is 10.2. The van der Waals surface area contributed by atoms with Crippen LogP contribution >= 0.6 is 0 Å². The molecule has 2 fully saturated rings. The van der Waals surface area contributed by atoms with E-state index in [9.17, 15) is 0 Å². The van der Waals surface area contributed by atoms with E-state index in [1.807, 2.05) is 0 Å². The first-order valence-corrected chi connectivity index (χ1v) is 4.95. The van der Waals surface area contributed by atoms with Crippen molar-refractivity contribution in [2.45, 2.75) is 31.3 Å². The van der Waals surface area contributed by atoms with E-state index in [-0.39, 0.29) is 0 Å². The number of ether oxygens (including phenoxy) is 1. The fourth-order valence-electron chi connectivity index (χ4n) is 2.00. The van der Waals surface area contributed by atoms with Crippen molar-refractivity contribution in [3.63, 3.8) is 0 Å². The third-order valence-corrected chi connectivity index (χ3v) is 2.78. The molecule has 2 N–H and O–H groups in total. The molecule has 70 valence electrons. The van der Waals surface area contributed by atoms with Gasteiger partial charge in [0, 0.05) is 31.8 Å². The van der Waals surface area contributed by atoms with E-state index in [1.54, 1.807) is 0 Å². The van der Waals surface area contributed by atoms with E-state index in [2.05, 4.69) is 4.90 Å². The summed E-state index contributed by atoms with van der Waals surface area (Å²) in [5.74, 6) is 0. The molecule has 2 rings (SSSR count). The van der Waals surface area contributed by atoms with Gasteiger partial charge in [-0.25, -0.2) is 0 Å². The van der Waals surface area contributed by atoms with Crippen LogP contribution < -0.4 is 5.73 Å². The summed E-state index contributed by atoms with van der Waals surface area (Å²) in [5.41, 5.74) is 5.58. The first-order valence-electron chi connectivity index (χ1n) is 4.95. The molecule has 1 saturated heterocycles. The first kappa shape index (κ1) is 8.48. The number of rotatable bonds is 4. The fraction of sp³-hybridized carbons (Fsp3) is 1.00. The topological polar surface area (TPSA) is 38.5 Å². The lowest BCUT2D eigenvalue weighted by Crippen LogP contribution is -2.40. The van der Waals surface area contributed by atoms with E-state index < -0.39 is 0 Å². The van der Waals surface area contributed by atoms with Gasteiger partial charge in [0.25, 0.3) is 0 Å². The molecular formula is C9H18N2O. The Balaban J connectivity index is 1.85. The average Bonchev–Trinajstić information content (AvgIpc) is 2.77. The summed E-state index contributed by atoms with van der Waals surface area (Å²) >= 11 is 0. The highest BCUT2D eigenvalue weighted by atomic mass is 16.5. The maximum absolute atomic E-state index is 5.58. The molecule has 3 nitrogen and oxygen atoms in total. The van der Waals surface area contributed by atoms with Crippen LogP contribution in [0.2, 0.25) is 0 Å². The lowest BCUT2D eigenvalue weighted by Gasteiger charge is -2.26. The zero-order chi connectivity index (χ0) is 8.39. The Kier molecular flexibility index (Phi) is 2.63. The summed E-state index contributed by atoms with van der Waals surface area (Å²) in [6.07, 6.45) is 3.95. The van der Waals surface area contributed by atoms with Crippen LogP contribution in [0, 0.1) is 0 Å². The molecule has 12 heavy (non-hydrogen) atoms. The van der Waals surface area contributed by atoms with Crippen LogP contribution in [-0.2, 0) is 4.74 Å². The summed E-state index contributed by atoms with van der Waals surface area (Å²) in [7, 11) is 0. The number of hydrogen-bond acceptors (Lipinski definition) is 3. The molecule has 0 aromatic carbocycles. The highest BCUT2D eigenvalue weighted by Gasteiger charge is 2.34. The maximum Gasteiger partial charge on any atom is 0.0622 e. The lowest BCUT2D eigenvalue weighted by molar-refractivity contribution is 0.141. The van der Waals surface area contributed by atoms with Gasteiger partial charge in [0.05, 0.1) is 6.61 Å². The van der Waals surface area contributed by atoms with Crippen LogP contribution in [0.5, 0.6) is 0 Å². The second kappa shape index (κ2) is 3.73. The highest BCUT2D eigenvalue weighted by Crippen LogP contribution is 2.30. The highest BCUT2D eigenvalue weighted by molar-refractivity contribution is 4.90. The Morgan fingerprint density at radius 1 is 1.25 bits per heavy atom. The van der Waals surface area contributed by atoms with Crippen molar-refractivity contribution in [3.8, 4) is 0 Å². The van der Waals surface area contributed by atoms with Crippen molar-refractivity contribution in [1.29, 1.82) is 0 Å². The molecule has 0 amide bonds. The van der Waals surface area contributed by atoms with Crippen molar-refractivity contribution >= 4 is 0 Å². The predicted octanol–water partition coefficient (Wildman–Crippen LogP) is 0.198. The van der Waals surface area contributed by atoms with E-state index in [0.29, 0.717) is 6.04 Å². The summed E-state index contributed by atoms with van der Waals surface area (Å²) in [6, 6.07) is 1.50. The molecule has 1 aliphatic heterocycles. The first-order chi connectivity index (χ1) is 5.92. The molecule has 1 atom stereocenters. The van der Waals surface area contributed by atoms with Crippen molar-refractivity contribution in [2.24, 2.45) is 5.73 Å². The third kappa shape index (κ3) is 1.79. The van der Waals surface area contributed by atoms with Crippen molar-refractivity contribution in [2.75, 3.05) is 26.3 Å². The average molecular weight is 170 g/mol. The minimum atomic E-state index is 0.668. The normalized spacial score (nSPS) is 30.0. The summed E-state index contributed by atoms with van der Waals surface area (Å²) in [4.78, 5) is 2.55. The minimum absolute atomic E-state index is 0.668. The second-order valence-electron chi connectivity index (χ2n) is 3.78. The molecule has 0 aromatic rings. The largest absolute Gasteiger partial charge is 0.380 e. The van der Waals surface area contributed by atoms with Gasteiger partial charge < -0.3 is 10.5 Å². The molecule has 1 heterocycles. The van der Waals surface area contributed by atoms with Crippen LogP contribution in [0.3, 0.4) is 0 Å². The smallest absolute Gasteiger partial charge is 0.0622 e. The molecule has 3 heteroatoms. The van der Waals surface area contributed by atoms with Gasteiger partial charge in [0.1, 0.15) is 0 Å². The SMILES string of the molecule is NCCN(C1CC1)C1CCOC1. The minimum Gasteiger partial charge on any atom is -0.380 e. The van der Waals surface area contributed by atoms with Crippen LogP contribution in [0.25, 0.3) is 0 Å². The van der Waals surface area contributed by atoms with Crippen molar-refractivity contribution in [3.05, 3.63) is 0 Å². The molecule has 1 saturated carbocycles. The van der Waals surface area contributed by atoms with Gasteiger partial charge in [0.15, 0.2) is 0 Å². The maximum atomic E-state index is 5.58. The zero-order valence-corrected chi connectivity index (χ0v) is 7.54. The predicted molar refractivity (Wildman–Crippen MR) is 48.0 cm³/mol. The Morgan fingerprint density at radius 3 is 2.58 bits per heavy atom. The fourth-order valence-corrected chi connectivity index (χ4v) is 2.00. The Labute approximate surface area is 73.9 Å². The van der Waals surface area contributed by atoms with Gasteiger partial charge in [-0.05, 0) is 19.3 Å². The van der Waals surface area contributed by atoms with Crippen molar-refractivity contribution in [1.82, 2.24) is 4.90 Å². The van der Waals surface area contributed by atoms with Gasteiger partial charge >= 0.3 is 0 Å². The van der Waals surface area contributed by atoms with E-state index in [1.165, 1.54) is 19.3 Å². The van der Waals surface area contributed by atoms with Crippen LogP contribution in [-0.4, -0.2) is 43.3 Å². The quantitative estimate of drug-likeness (QED) is 0.655. The van der Waals surface area contributed by atoms with Gasteiger partial charge in [-0.3, -0.25) is 4.90 Å². The summed E-state index contributed by atoms with van der Waals surface area (Å²) in [6.45, 7) is 3.71. The molecule has 2 aliphatic rings. The van der Waals surface area contributed by atoms with Crippen LogP contribution in [0.15, 0.2) is 0 Å². The number of nitrogens with two attached hydrogens (primary N) is 1. The van der Waals surface area contributed by atoms with Crippen LogP contribution in [0.1, 0.15) is 19.3 Å².